The lowest BCUT2D eigenvalue weighted by Gasteiger charge is -2.32. The second-order valence-corrected chi connectivity index (χ2v) is 6.41. The van der Waals surface area contributed by atoms with Gasteiger partial charge in [0.2, 0.25) is 0 Å². The van der Waals surface area contributed by atoms with Gasteiger partial charge >= 0.3 is 0 Å². The first-order valence-electron chi connectivity index (χ1n) is 6.82. The van der Waals surface area contributed by atoms with Gasteiger partial charge < -0.3 is 4.90 Å². The molecule has 0 unspecified atom stereocenters. The number of rotatable bonds is 2. The van der Waals surface area contributed by atoms with Gasteiger partial charge in [0.25, 0.3) is 0 Å². The Hall–Kier alpha value is -0.380. The Labute approximate surface area is 108 Å². The fourth-order valence-electron chi connectivity index (χ4n) is 2.94. The van der Waals surface area contributed by atoms with Crippen molar-refractivity contribution in [3.05, 3.63) is 21.4 Å². The molecule has 94 valence electrons. The smallest absolute Gasteiger partial charge is 0.0245 e. The Morgan fingerprint density at radius 3 is 2.71 bits per heavy atom. The Kier molecular flexibility index (Phi) is 3.50. The molecule has 3 rings (SSSR count). The molecule has 0 bridgehead atoms. The van der Waals surface area contributed by atoms with Crippen molar-refractivity contribution in [2.75, 3.05) is 33.2 Å². The van der Waals surface area contributed by atoms with Crippen LogP contribution in [-0.2, 0) is 19.4 Å². The molecule has 17 heavy (non-hydrogen) atoms. The van der Waals surface area contributed by atoms with E-state index in [4.69, 9.17) is 0 Å². The van der Waals surface area contributed by atoms with Crippen molar-refractivity contribution < 1.29 is 0 Å². The lowest BCUT2D eigenvalue weighted by Crippen LogP contribution is -2.43. The number of piperazine rings is 1. The van der Waals surface area contributed by atoms with E-state index in [1.807, 2.05) is 11.3 Å². The average Bonchev–Trinajstić information content (AvgIpc) is 2.76. The Morgan fingerprint density at radius 1 is 1.12 bits per heavy atom. The van der Waals surface area contributed by atoms with E-state index < -0.39 is 0 Å². The van der Waals surface area contributed by atoms with Crippen molar-refractivity contribution in [2.24, 2.45) is 0 Å². The predicted octanol–water partition coefficient (Wildman–Crippen LogP) is 2.37. The van der Waals surface area contributed by atoms with Crippen molar-refractivity contribution in [3.8, 4) is 0 Å². The third kappa shape index (κ3) is 2.56. The number of likely N-dealkylation sites (N-methyl/N-ethyl adjacent to an activating group) is 1. The second-order valence-electron chi connectivity index (χ2n) is 5.45. The number of aryl methyl sites for hydroxylation is 1. The van der Waals surface area contributed by atoms with Crippen LogP contribution in [-0.4, -0.2) is 43.0 Å². The largest absolute Gasteiger partial charge is 0.304 e. The molecule has 1 saturated heterocycles. The highest BCUT2D eigenvalue weighted by molar-refractivity contribution is 7.10. The minimum absolute atomic E-state index is 1.19. The zero-order valence-electron chi connectivity index (χ0n) is 10.7. The van der Waals surface area contributed by atoms with Crippen molar-refractivity contribution in [3.63, 3.8) is 0 Å². The van der Waals surface area contributed by atoms with E-state index in [2.05, 4.69) is 22.2 Å². The lowest BCUT2D eigenvalue weighted by molar-refractivity contribution is 0.148. The maximum Gasteiger partial charge on any atom is 0.0245 e. The molecule has 2 nitrogen and oxygen atoms in total. The van der Waals surface area contributed by atoms with E-state index in [-0.39, 0.29) is 0 Å². The molecule has 0 aromatic carbocycles. The summed E-state index contributed by atoms with van der Waals surface area (Å²) in [6.45, 7) is 6.13. The van der Waals surface area contributed by atoms with Gasteiger partial charge in [0.05, 0.1) is 0 Å². The van der Waals surface area contributed by atoms with Gasteiger partial charge in [-0.3, -0.25) is 4.90 Å². The molecule has 0 atom stereocenters. The summed E-state index contributed by atoms with van der Waals surface area (Å²) in [6.07, 6.45) is 5.48. The summed E-state index contributed by atoms with van der Waals surface area (Å²) < 4.78 is 0. The van der Waals surface area contributed by atoms with Crippen LogP contribution in [0.15, 0.2) is 5.38 Å². The molecular weight excluding hydrogens is 228 g/mol. The van der Waals surface area contributed by atoms with Crippen LogP contribution in [0, 0.1) is 0 Å². The van der Waals surface area contributed by atoms with E-state index in [1.165, 1.54) is 58.4 Å². The number of nitrogens with zero attached hydrogens (tertiary/aromatic N) is 2. The summed E-state index contributed by atoms with van der Waals surface area (Å²) in [6, 6.07) is 0. The molecule has 3 heteroatoms. The topological polar surface area (TPSA) is 6.48 Å². The third-order valence-corrected chi connectivity index (χ3v) is 5.28. The molecular formula is C14H22N2S. The first-order chi connectivity index (χ1) is 8.33. The second kappa shape index (κ2) is 5.09. The molecule has 1 aromatic rings. The molecule has 2 heterocycles. The van der Waals surface area contributed by atoms with Crippen molar-refractivity contribution in [1.29, 1.82) is 0 Å². The number of thiophene rings is 1. The van der Waals surface area contributed by atoms with Crippen molar-refractivity contribution >= 4 is 11.3 Å². The van der Waals surface area contributed by atoms with E-state index in [0.29, 0.717) is 0 Å². The molecule has 0 N–H and O–H groups in total. The van der Waals surface area contributed by atoms with E-state index in [9.17, 15) is 0 Å². The molecule has 1 fully saturated rings. The number of hydrogen-bond donors (Lipinski definition) is 0. The molecule has 1 aromatic heterocycles. The summed E-state index contributed by atoms with van der Waals surface area (Å²) in [5.41, 5.74) is 3.34. The van der Waals surface area contributed by atoms with Crippen LogP contribution in [0.1, 0.15) is 28.8 Å². The van der Waals surface area contributed by atoms with E-state index in [0.717, 1.165) is 0 Å². The number of hydrogen-bond acceptors (Lipinski definition) is 3. The van der Waals surface area contributed by atoms with Crippen molar-refractivity contribution in [2.45, 2.75) is 32.2 Å². The molecule has 0 radical (unpaired) electrons. The summed E-state index contributed by atoms with van der Waals surface area (Å²) in [5.74, 6) is 0. The van der Waals surface area contributed by atoms with Crippen LogP contribution in [0.4, 0.5) is 0 Å². The monoisotopic (exact) mass is 250 g/mol. The highest BCUT2D eigenvalue weighted by Gasteiger charge is 2.19. The number of fused-ring (bicyclic) bond motifs is 1. The zero-order chi connectivity index (χ0) is 11.7. The maximum absolute atomic E-state index is 2.62. The Morgan fingerprint density at radius 2 is 1.88 bits per heavy atom. The minimum Gasteiger partial charge on any atom is -0.304 e. The predicted molar refractivity (Wildman–Crippen MR) is 73.7 cm³/mol. The van der Waals surface area contributed by atoms with E-state index >= 15 is 0 Å². The molecule has 2 aliphatic rings. The van der Waals surface area contributed by atoms with Crippen LogP contribution in [0.3, 0.4) is 0 Å². The third-order valence-electron chi connectivity index (χ3n) is 4.14. The van der Waals surface area contributed by atoms with E-state index in [1.54, 1.807) is 16.0 Å². The van der Waals surface area contributed by atoms with Gasteiger partial charge in [-0.25, -0.2) is 0 Å². The highest BCUT2D eigenvalue weighted by atomic mass is 32.1. The summed E-state index contributed by atoms with van der Waals surface area (Å²) in [4.78, 5) is 6.73. The Bertz CT molecular complexity index is 378. The SMILES string of the molecule is CN1CCN(Cc2csc3c2CCCC3)CC1. The van der Waals surface area contributed by atoms with Gasteiger partial charge in [-0.15, -0.1) is 11.3 Å². The fourth-order valence-corrected chi connectivity index (χ4v) is 4.08. The van der Waals surface area contributed by atoms with Gasteiger partial charge in [-0.1, -0.05) is 0 Å². The van der Waals surface area contributed by atoms with Crippen LogP contribution < -0.4 is 0 Å². The minimum atomic E-state index is 1.19. The summed E-state index contributed by atoms with van der Waals surface area (Å²) >= 11 is 2.00. The van der Waals surface area contributed by atoms with Gasteiger partial charge in [0.15, 0.2) is 0 Å². The molecule has 1 aliphatic heterocycles. The van der Waals surface area contributed by atoms with Gasteiger partial charge in [0.1, 0.15) is 0 Å². The fraction of sp³-hybridized carbons (Fsp3) is 0.714. The molecule has 0 amide bonds. The quantitative estimate of drug-likeness (QED) is 0.795. The van der Waals surface area contributed by atoms with Gasteiger partial charge in [0, 0.05) is 37.6 Å². The average molecular weight is 250 g/mol. The first-order valence-corrected chi connectivity index (χ1v) is 7.70. The standard InChI is InChI=1S/C14H22N2S/c1-15-6-8-16(9-7-15)10-12-11-17-14-5-3-2-4-13(12)14/h11H,2-10H2,1H3. The van der Waals surface area contributed by atoms with Gasteiger partial charge in [-0.05, 0) is 49.2 Å². The van der Waals surface area contributed by atoms with Gasteiger partial charge in [-0.2, -0.15) is 0 Å². The highest BCUT2D eigenvalue weighted by Crippen LogP contribution is 2.31. The molecule has 0 saturated carbocycles. The van der Waals surface area contributed by atoms with Crippen LogP contribution in [0.2, 0.25) is 0 Å². The maximum atomic E-state index is 2.62. The van der Waals surface area contributed by atoms with Crippen LogP contribution >= 0.6 is 11.3 Å². The first kappa shape index (κ1) is 11.7. The van der Waals surface area contributed by atoms with Crippen molar-refractivity contribution in [1.82, 2.24) is 9.80 Å². The van der Waals surface area contributed by atoms with Crippen LogP contribution in [0.5, 0.6) is 0 Å². The lowest BCUT2D eigenvalue weighted by atomic mass is 9.96. The normalized spacial score (nSPS) is 22.6. The van der Waals surface area contributed by atoms with Crippen LogP contribution in [0.25, 0.3) is 0 Å². The molecule has 0 spiro atoms. The summed E-state index contributed by atoms with van der Waals surface area (Å²) in [5, 5.41) is 2.42. The zero-order valence-corrected chi connectivity index (χ0v) is 11.6. The Balaban J connectivity index is 1.66. The summed E-state index contributed by atoms with van der Waals surface area (Å²) in [7, 11) is 2.23. The molecule has 1 aliphatic carbocycles.